The van der Waals surface area contributed by atoms with Crippen LogP contribution in [0.2, 0.25) is 0 Å². The van der Waals surface area contributed by atoms with Gasteiger partial charge in [-0.25, -0.2) is 0 Å². The van der Waals surface area contributed by atoms with E-state index in [1.165, 1.54) is 77.5 Å². The van der Waals surface area contributed by atoms with Crippen molar-refractivity contribution in [2.75, 3.05) is 26.2 Å². The third-order valence-corrected chi connectivity index (χ3v) is 3.84. The summed E-state index contributed by atoms with van der Waals surface area (Å²) in [5, 5.41) is 3.66. The van der Waals surface area contributed by atoms with Crippen molar-refractivity contribution in [2.24, 2.45) is 0 Å². The van der Waals surface area contributed by atoms with Crippen molar-refractivity contribution in [1.29, 1.82) is 0 Å². The summed E-state index contributed by atoms with van der Waals surface area (Å²) in [6, 6.07) is 0.790. The quantitative estimate of drug-likeness (QED) is 0.753. The van der Waals surface area contributed by atoms with Crippen molar-refractivity contribution in [3.63, 3.8) is 0 Å². The average molecular weight is 210 g/mol. The Bertz CT molecular complexity index is 156. The summed E-state index contributed by atoms with van der Waals surface area (Å²) in [5.74, 6) is 0. The van der Waals surface area contributed by atoms with Gasteiger partial charge in [0.25, 0.3) is 0 Å². The molecule has 0 aliphatic carbocycles. The van der Waals surface area contributed by atoms with Crippen molar-refractivity contribution >= 4 is 0 Å². The van der Waals surface area contributed by atoms with E-state index in [0.717, 1.165) is 6.04 Å². The van der Waals surface area contributed by atoms with Gasteiger partial charge in [0.2, 0.25) is 0 Å². The molecule has 2 nitrogen and oxygen atoms in total. The number of piperidine rings is 1. The van der Waals surface area contributed by atoms with Gasteiger partial charge in [-0.3, -0.25) is 0 Å². The number of likely N-dealkylation sites (tertiary alicyclic amines) is 1. The maximum absolute atomic E-state index is 3.66. The van der Waals surface area contributed by atoms with Crippen LogP contribution in [0.1, 0.15) is 51.4 Å². The van der Waals surface area contributed by atoms with E-state index in [2.05, 4.69) is 10.2 Å². The number of nitrogens with one attached hydrogen (secondary N) is 1. The van der Waals surface area contributed by atoms with Gasteiger partial charge in [0.15, 0.2) is 0 Å². The smallest absolute Gasteiger partial charge is 0.0195 e. The van der Waals surface area contributed by atoms with Gasteiger partial charge in [-0.15, -0.1) is 0 Å². The van der Waals surface area contributed by atoms with Gasteiger partial charge in [0.1, 0.15) is 0 Å². The molecule has 0 radical (unpaired) electrons. The minimum atomic E-state index is 0.790. The molecule has 2 saturated heterocycles. The Morgan fingerprint density at radius 2 is 1.60 bits per heavy atom. The predicted octanol–water partition coefficient (Wildman–Crippen LogP) is 2.39. The molecule has 2 rings (SSSR count). The third-order valence-electron chi connectivity index (χ3n) is 3.84. The van der Waals surface area contributed by atoms with Crippen LogP contribution in [-0.2, 0) is 0 Å². The van der Waals surface area contributed by atoms with Gasteiger partial charge in [0.05, 0.1) is 0 Å². The topological polar surface area (TPSA) is 15.3 Å². The zero-order chi connectivity index (χ0) is 10.3. The molecule has 2 fully saturated rings. The normalized spacial score (nSPS) is 30.8. The van der Waals surface area contributed by atoms with Crippen molar-refractivity contribution in [1.82, 2.24) is 10.2 Å². The molecule has 1 N–H and O–H groups in total. The number of nitrogens with zero attached hydrogens (tertiary/aromatic N) is 1. The maximum Gasteiger partial charge on any atom is 0.0195 e. The zero-order valence-electron chi connectivity index (χ0n) is 10.0. The molecule has 0 unspecified atom stereocenters. The standard InChI is InChI=1S/C13H26N2/c1-2-6-10-15(11-7-3-1)12-13-8-4-5-9-14-13/h13-14H,1-12H2/t13-/m0/s1. The Balaban J connectivity index is 1.70. The van der Waals surface area contributed by atoms with Crippen molar-refractivity contribution in [2.45, 2.75) is 57.4 Å². The van der Waals surface area contributed by atoms with E-state index in [9.17, 15) is 0 Å². The van der Waals surface area contributed by atoms with Gasteiger partial charge >= 0.3 is 0 Å². The zero-order valence-corrected chi connectivity index (χ0v) is 10.0. The first-order valence-corrected chi connectivity index (χ1v) is 6.91. The van der Waals surface area contributed by atoms with Crippen molar-refractivity contribution in [3.8, 4) is 0 Å². The van der Waals surface area contributed by atoms with E-state index in [1.807, 2.05) is 0 Å². The minimum absolute atomic E-state index is 0.790. The highest BCUT2D eigenvalue weighted by molar-refractivity contribution is 4.76. The molecule has 88 valence electrons. The van der Waals surface area contributed by atoms with Crippen LogP contribution < -0.4 is 5.32 Å². The van der Waals surface area contributed by atoms with Crippen LogP contribution in [0.15, 0.2) is 0 Å². The summed E-state index contributed by atoms with van der Waals surface area (Å²) in [4.78, 5) is 2.70. The summed E-state index contributed by atoms with van der Waals surface area (Å²) in [7, 11) is 0. The van der Waals surface area contributed by atoms with Gasteiger partial charge in [-0.2, -0.15) is 0 Å². The Morgan fingerprint density at radius 3 is 2.27 bits per heavy atom. The third kappa shape index (κ3) is 4.12. The van der Waals surface area contributed by atoms with Crippen LogP contribution in [-0.4, -0.2) is 37.1 Å². The van der Waals surface area contributed by atoms with Crippen LogP contribution in [0.4, 0.5) is 0 Å². The Hall–Kier alpha value is -0.0800. The summed E-state index contributed by atoms with van der Waals surface area (Å²) in [5.41, 5.74) is 0. The fraction of sp³-hybridized carbons (Fsp3) is 1.00. The maximum atomic E-state index is 3.66. The summed E-state index contributed by atoms with van der Waals surface area (Å²) in [6.07, 6.45) is 11.4. The molecule has 0 aromatic carbocycles. The van der Waals surface area contributed by atoms with E-state index < -0.39 is 0 Å². The fourth-order valence-electron chi connectivity index (χ4n) is 2.89. The number of hydrogen-bond acceptors (Lipinski definition) is 2. The molecule has 0 saturated carbocycles. The Kier molecular flexibility index (Phi) is 4.94. The monoisotopic (exact) mass is 210 g/mol. The first kappa shape index (κ1) is 11.4. The molecule has 15 heavy (non-hydrogen) atoms. The minimum Gasteiger partial charge on any atom is -0.313 e. The lowest BCUT2D eigenvalue weighted by molar-refractivity contribution is 0.207. The lowest BCUT2D eigenvalue weighted by Crippen LogP contribution is -2.44. The van der Waals surface area contributed by atoms with E-state index in [4.69, 9.17) is 0 Å². The second kappa shape index (κ2) is 6.49. The van der Waals surface area contributed by atoms with Gasteiger partial charge in [-0.1, -0.05) is 25.7 Å². The van der Waals surface area contributed by atoms with Gasteiger partial charge < -0.3 is 10.2 Å². The number of hydrogen-bond donors (Lipinski definition) is 1. The van der Waals surface area contributed by atoms with Crippen LogP contribution >= 0.6 is 0 Å². The molecule has 0 aromatic rings. The molecule has 2 aliphatic heterocycles. The first-order valence-electron chi connectivity index (χ1n) is 6.91. The van der Waals surface area contributed by atoms with Crippen LogP contribution in [0.5, 0.6) is 0 Å². The van der Waals surface area contributed by atoms with Gasteiger partial charge in [0, 0.05) is 12.6 Å². The molecule has 1 atom stereocenters. The lowest BCUT2D eigenvalue weighted by Gasteiger charge is -2.31. The second-order valence-corrected chi connectivity index (χ2v) is 5.22. The molecule has 0 amide bonds. The predicted molar refractivity (Wildman–Crippen MR) is 65.2 cm³/mol. The average Bonchev–Trinajstić information content (AvgIpc) is 2.23. The molecule has 0 aromatic heterocycles. The van der Waals surface area contributed by atoms with E-state index >= 15 is 0 Å². The second-order valence-electron chi connectivity index (χ2n) is 5.22. The molecule has 0 spiro atoms. The molecule has 2 aliphatic rings. The van der Waals surface area contributed by atoms with Crippen LogP contribution in [0, 0.1) is 0 Å². The molecular weight excluding hydrogens is 184 g/mol. The summed E-state index contributed by atoms with van der Waals surface area (Å²) >= 11 is 0. The van der Waals surface area contributed by atoms with E-state index in [0.29, 0.717) is 0 Å². The van der Waals surface area contributed by atoms with Gasteiger partial charge in [-0.05, 0) is 45.3 Å². The van der Waals surface area contributed by atoms with Crippen LogP contribution in [0.3, 0.4) is 0 Å². The fourth-order valence-corrected chi connectivity index (χ4v) is 2.89. The molecule has 0 bridgehead atoms. The summed E-state index contributed by atoms with van der Waals surface area (Å²) < 4.78 is 0. The van der Waals surface area contributed by atoms with Crippen molar-refractivity contribution in [3.05, 3.63) is 0 Å². The Morgan fingerprint density at radius 1 is 0.867 bits per heavy atom. The highest BCUT2D eigenvalue weighted by Gasteiger charge is 2.16. The SMILES string of the molecule is C1CCCN(C[C@@H]2CCCCN2)CCC1. The van der Waals surface area contributed by atoms with Crippen LogP contribution in [0.25, 0.3) is 0 Å². The molecule has 2 heteroatoms. The highest BCUT2D eigenvalue weighted by Crippen LogP contribution is 2.13. The highest BCUT2D eigenvalue weighted by atomic mass is 15.1. The van der Waals surface area contributed by atoms with Crippen molar-refractivity contribution < 1.29 is 0 Å². The Labute approximate surface area is 94.4 Å². The summed E-state index contributed by atoms with van der Waals surface area (Å²) in [6.45, 7) is 5.24. The first-order chi connectivity index (χ1) is 7.45. The van der Waals surface area contributed by atoms with E-state index in [1.54, 1.807) is 0 Å². The van der Waals surface area contributed by atoms with E-state index in [-0.39, 0.29) is 0 Å². The molecular formula is C13H26N2. The number of rotatable bonds is 2. The molecule has 2 heterocycles. The largest absolute Gasteiger partial charge is 0.313 e. The lowest BCUT2D eigenvalue weighted by atomic mass is 10.0.